The third kappa shape index (κ3) is 2.86. The molecule has 1 amide bonds. The highest BCUT2D eigenvalue weighted by molar-refractivity contribution is 7.19. The summed E-state index contributed by atoms with van der Waals surface area (Å²) in [5.41, 5.74) is 6.77. The first kappa shape index (κ1) is 15.0. The highest BCUT2D eigenvalue weighted by atomic mass is 32.1. The Kier molecular flexibility index (Phi) is 4.45. The van der Waals surface area contributed by atoms with Gasteiger partial charge < -0.3 is 5.73 Å². The predicted octanol–water partition coefficient (Wildman–Crippen LogP) is 3.37. The summed E-state index contributed by atoms with van der Waals surface area (Å²) in [7, 11) is 0. The lowest BCUT2D eigenvalue weighted by atomic mass is 10.0. The Hall–Kier alpha value is -1.39. The molecule has 3 nitrogen and oxygen atoms in total. The summed E-state index contributed by atoms with van der Waals surface area (Å²) in [6, 6.07) is 8.22. The number of hydrogen-bond donors (Lipinski definition) is 2. The van der Waals surface area contributed by atoms with Crippen molar-refractivity contribution >= 4 is 27.3 Å². The number of nitrogens with two attached hydrogens (primary N) is 1. The van der Waals surface area contributed by atoms with E-state index in [1.165, 1.54) is 20.5 Å². The van der Waals surface area contributed by atoms with Crippen molar-refractivity contribution in [1.29, 1.82) is 0 Å². The Morgan fingerprint density at radius 1 is 1.25 bits per heavy atom. The van der Waals surface area contributed by atoms with Gasteiger partial charge in [0, 0.05) is 15.6 Å². The molecule has 0 aliphatic rings. The van der Waals surface area contributed by atoms with Crippen LogP contribution < -0.4 is 11.1 Å². The number of rotatable bonds is 5. The Bertz CT molecular complexity index is 618. The second-order valence-electron chi connectivity index (χ2n) is 5.60. The molecule has 0 saturated carbocycles. The van der Waals surface area contributed by atoms with E-state index in [0.717, 1.165) is 0 Å². The average molecular weight is 290 g/mol. The summed E-state index contributed by atoms with van der Waals surface area (Å²) in [6.45, 7) is 8.25. The van der Waals surface area contributed by atoms with Crippen LogP contribution in [0.2, 0.25) is 0 Å². The lowest BCUT2D eigenvalue weighted by Crippen LogP contribution is -2.45. The number of aryl methyl sites for hydroxylation is 1. The van der Waals surface area contributed by atoms with Crippen LogP contribution in [0.1, 0.15) is 37.3 Å². The summed E-state index contributed by atoms with van der Waals surface area (Å²) in [4.78, 5) is 12.8. The third-order valence-electron chi connectivity index (χ3n) is 3.68. The molecule has 0 fully saturated rings. The van der Waals surface area contributed by atoms with Gasteiger partial charge in [-0.1, -0.05) is 32.0 Å². The number of thiophene rings is 1. The fourth-order valence-electron chi connectivity index (χ4n) is 2.55. The molecule has 4 heteroatoms. The van der Waals surface area contributed by atoms with E-state index < -0.39 is 0 Å². The van der Waals surface area contributed by atoms with Crippen LogP contribution in [0.5, 0.6) is 0 Å². The number of primary amides is 1. The molecule has 0 aliphatic heterocycles. The van der Waals surface area contributed by atoms with Gasteiger partial charge in [0.25, 0.3) is 0 Å². The van der Waals surface area contributed by atoms with Crippen molar-refractivity contribution in [3.8, 4) is 0 Å². The average Bonchev–Trinajstić information content (AvgIpc) is 2.73. The maximum Gasteiger partial charge on any atom is 0.234 e. The maximum atomic E-state index is 11.5. The van der Waals surface area contributed by atoms with Crippen molar-refractivity contribution in [2.75, 3.05) is 0 Å². The molecular formula is C16H22N2OS. The summed E-state index contributed by atoms with van der Waals surface area (Å²) in [6.07, 6.45) is 0. The van der Waals surface area contributed by atoms with Crippen molar-refractivity contribution in [1.82, 2.24) is 5.32 Å². The molecule has 2 aromatic rings. The quantitative estimate of drug-likeness (QED) is 0.887. The van der Waals surface area contributed by atoms with Crippen molar-refractivity contribution in [2.45, 2.75) is 39.8 Å². The van der Waals surface area contributed by atoms with Crippen LogP contribution in [0, 0.1) is 12.8 Å². The Morgan fingerprint density at radius 3 is 2.45 bits per heavy atom. The van der Waals surface area contributed by atoms with Crippen LogP contribution >= 0.6 is 11.3 Å². The van der Waals surface area contributed by atoms with Gasteiger partial charge in [0.1, 0.15) is 0 Å². The summed E-state index contributed by atoms with van der Waals surface area (Å²) in [5, 5.41) is 4.66. The summed E-state index contributed by atoms with van der Waals surface area (Å²) >= 11 is 1.78. The number of fused-ring (bicyclic) bond motifs is 1. The lowest BCUT2D eigenvalue weighted by molar-refractivity contribution is -0.121. The van der Waals surface area contributed by atoms with Gasteiger partial charge in [-0.15, -0.1) is 11.3 Å². The molecule has 3 N–H and O–H groups in total. The number of carbonyl (C=O) groups excluding carboxylic acids is 1. The largest absolute Gasteiger partial charge is 0.368 e. The molecule has 1 heterocycles. The number of amides is 1. The lowest BCUT2D eigenvalue weighted by Gasteiger charge is -2.23. The van der Waals surface area contributed by atoms with Gasteiger partial charge in [-0.2, -0.15) is 0 Å². The van der Waals surface area contributed by atoms with Crippen molar-refractivity contribution < 1.29 is 4.79 Å². The van der Waals surface area contributed by atoms with E-state index in [1.807, 2.05) is 13.8 Å². The topological polar surface area (TPSA) is 55.1 Å². The normalized spacial score (nSPS) is 14.7. The van der Waals surface area contributed by atoms with Gasteiger partial charge in [-0.05, 0) is 36.8 Å². The summed E-state index contributed by atoms with van der Waals surface area (Å²) in [5.74, 6) is -0.102. The Morgan fingerprint density at radius 2 is 1.90 bits per heavy atom. The van der Waals surface area contributed by atoms with Crippen LogP contribution in [-0.2, 0) is 4.79 Å². The first-order chi connectivity index (χ1) is 9.41. The number of benzene rings is 1. The molecule has 108 valence electrons. The highest BCUT2D eigenvalue weighted by Crippen LogP contribution is 2.34. The van der Waals surface area contributed by atoms with Gasteiger partial charge in [-0.3, -0.25) is 10.1 Å². The summed E-state index contributed by atoms with van der Waals surface area (Å²) < 4.78 is 1.29. The van der Waals surface area contributed by atoms with E-state index in [2.05, 4.69) is 43.4 Å². The number of carbonyl (C=O) groups is 1. The standard InChI is InChI=1S/C16H22N2OS/c1-9(2)14(16(17)19)18-11(4)15-10(3)12-7-5-6-8-13(12)20-15/h5-9,11,14,18H,1-4H3,(H2,17,19). The molecule has 1 aromatic carbocycles. The van der Waals surface area contributed by atoms with Gasteiger partial charge in [0.2, 0.25) is 5.91 Å². The fraction of sp³-hybridized carbons (Fsp3) is 0.438. The molecule has 2 rings (SSSR count). The molecule has 0 spiro atoms. The SMILES string of the molecule is Cc1c(C(C)NC(C(N)=O)C(C)C)sc2ccccc12. The van der Waals surface area contributed by atoms with E-state index in [1.54, 1.807) is 11.3 Å². The van der Waals surface area contributed by atoms with E-state index >= 15 is 0 Å². The number of nitrogens with one attached hydrogen (secondary N) is 1. The van der Waals surface area contributed by atoms with Gasteiger partial charge in [0.05, 0.1) is 6.04 Å². The second kappa shape index (κ2) is 5.94. The molecular weight excluding hydrogens is 268 g/mol. The smallest absolute Gasteiger partial charge is 0.234 e. The van der Waals surface area contributed by atoms with Crippen LogP contribution in [-0.4, -0.2) is 11.9 Å². The third-order valence-corrected chi connectivity index (χ3v) is 5.13. The molecule has 2 unspecified atom stereocenters. The molecule has 2 atom stereocenters. The molecule has 1 aromatic heterocycles. The van der Waals surface area contributed by atoms with E-state index in [-0.39, 0.29) is 23.9 Å². The zero-order chi connectivity index (χ0) is 14.9. The van der Waals surface area contributed by atoms with Crippen LogP contribution in [0.4, 0.5) is 0 Å². The monoisotopic (exact) mass is 290 g/mol. The van der Waals surface area contributed by atoms with Crippen LogP contribution in [0.3, 0.4) is 0 Å². The first-order valence-corrected chi connectivity index (χ1v) is 7.76. The Balaban J connectivity index is 2.29. The van der Waals surface area contributed by atoms with Crippen molar-refractivity contribution in [2.24, 2.45) is 11.7 Å². The van der Waals surface area contributed by atoms with E-state index in [0.29, 0.717) is 0 Å². The molecule has 0 saturated heterocycles. The minimum absolute atomic E-state index is 0.118. The molecule has 0 radical (unpaired) electrons. The van der Waals surface area contributed by atoms with Crippen molar-refractivity contribution in [3.63, 3.8) is 0 Å². The molecule has 20 heavy (non-hydrogen) atoms. The minimum atomic E-state index is -0.297. The van der Waals surface area contributed by atoms with E-state index in [9.17, 15) is 4.79 Å². The van der Waals surface area contributed by atoms with Crippen LogP contribution in [0.25, 0.3) is 10.1 Å². The predicted molar refractivity (Wildman–Crippen MR) is 85.9 cm³/mol. The van der Waals surface area contributed by atoms with Gasteiger partial charge in [-0.25, -0.2) is 0 Å². The molecule has 0 aliphatic carbocycles. The number of hydrogen-bond acceptors (Lipinski definition) is 3. The highest BCUT2D eigenvalue weighted by Gasteiger charge is 2.23. The van der Waals surface area contributed by atoms with Crippen LogP contribution in [0.15, 0.2) is 24.3 Å². The zero-order valence-corrected chi connectivity index (χ0v) is 13.3. The van der Waals surface area contributed by atoms with Gasteiger partial charge in [0.15, 0.2) is 0 Å². The molecule has 0 bridgehead atoms. The van der Waals surface area contributed by atoms with Gasteiger partial charge >= 0.3 is 0 Å². The zero-order valence-electron chi connectivity index (χ0n) is 12.4. The van der Waals surface area contributed by atoms with Crippen molar-refractivity contribution in [3.05, 3.63) is 34.7 Å². The minimum Gasteiger partial charge on any atom is -0.368 e. The Labute approximate surface area is 124 Å². The fourth-order valence-corrected chi connectivity index (χ4v) is 3.78. The first-order valence-electron chi connectivity index (χ1n) is 6.95. The maximum absolute atomic E-state index is 11.5. The van der Waals surface area contributed by atoms with E-state index in [4.69, 9.17) is 5.73 Å². The second-order valence-corrected chi connectivity index (χ2v) is 6.68.